The molecular formula is C23H21N3O7. The maximum absolute atomic E-state index is 12.4. The Morgan fingerprint density at radius 1 is 1.03 bits per heavy atom. The molecule has 1 saturated heterocycles. The molecule has 3 aromatic rings. The number of esters is 1. The number of rotatable bonds is 7. The highest BCUT2D eigenvalue weighted by molar-refractivity contribution is 5.89. The van der Waals surface area contributed by atoms with Crippen LogP contribution >= 0.6 is 0 Å². The lowest BCUT2D eigenvalue weighted by Crippen LogP contribution is -2.29. The number of ether oxygens (including phenoxy) is 4. The topological polar surface area (TPSA) is 118 Å². The normalized spacial score (nSPS) is 17.3. The Morgan fingerprint density at radius 3 is 2.48 bits per heavy atom. The first-order chi connectivity index (χ1) is 16.1. The van der Waals surface area contributed by atoms with Gasteiger partial charge in [0.1, 0.15) is 19.0 Å². The predicted molar refractivity (Wildman–Crippen MR) is 115 cm³/mol. The lowest BCUT2D eigenvalue weighted by atomic mass is 10.2. The molecule has 2 unspecified atom stereocenters. The number of carbonyl (C=O) groups excluding carboxylic acids is 2. The van der Waals surface area contributed by atoms with E-state index in [2.05, 4.69) is 10.3 Å². The lowest BCUT2D eigenvalue weighted by molar-refractivity contribution is -0.103. The van der Waals surface area contributed by atoms with Crippen molar-refractivity contribution in [1.82, 2.24) is 9.55 Å². The molecule has 1 aliphatic rings. The first-order valence-electron chi connectivity index (χ1n) is 10.1. The van der Waals surface area contributed by atoms with Crippen LogP contribution in [0, 0.1) is 0 Å². The van der Waals surface area contributed by atoms with Crippen LogP contribution in [0.25, 0.3) is 0 Å². The van der Waals surface area contributed by atoms with Gasteiger partial charge in [-0.2, -0.15) is 4.98 Å². The molecule has 1 amide bonds. The third-order valence-electron chi connectivity index (χ3n) is 4.68. The van der Waals surface area contributed by atoms with Gasteiger partial charge in [0.2, 0.25) is 0 Å². The average molecular weight is 451 g/mol. The first kappa shape index (κ1) is 22.2. The number of benzene rings is 2. The molecule has 0 bridgehead atoms. The Labute approximate surface area is 188 Å². The molecule has 1 aromatic heterocycles. The largest absolute Gasteiger partial charge is 0.457 e. The summed E-state index contributed by atoms with van der Waals surface area (Å²) in [5.74, 6) is -0.457. The Bertz CT molecular complexity index is 1150. The predicted octanol–water partition coefficient (Wildman–Crippen LogP) is 2.72. The molecule has 0 spiro atoms. The maximum Gasteiger partial charge on any atom is 0.413 e. The maximum atomic E-state index is 12.4. The lowest BCUT2D eigenvalue weighted by Gasteiger charge is -2.14. The zero-order valence-electron chi connectivity index (χ0n) is 17.5. The first-order valence-corrected chi connectivity index (χ1v) is 10.1. The van der Waals surface area contributed by atoms with Gasteiger partial charge in [0.05, 0.1) is 12.2 Å². The molecular weight excluding hydrogens is 430 g/mol. The van der Waals surface area contributed by atoms with Gasteiger partial charge in [0.15, 0.2) is 12.5 Å². The van der Waals surface area contributed by atoms with Crippen molar-refractivity contribution in [3.8, 4) is 0 Å². The standard InChI is InChI=1S/C23H21N3O7/c27-21(17-9-5-2-6-10-17)31-15-20-30-14-19(33-20)26-12-11-18(24-22(26)28)25-23(29)32-13-16-7-3-1-4-8-16/h1-12,19-20H,13-15H2,(H,24,25,28,29). The minimum absolute atomic E-state index is 0.0431. The third kappa shape index (κ3) is 6.03. The van der Waals surface area contributed by atoms with Crippen molar-refractivity contribution in [3.63, 3.8) is 0 Å². The molecule has 10 nitrogen and oxygen atoms in total. The molecule has 1 N–H and O–H groups in total. The average Bonchev–Trinajstić information content (AvgIpc) is 3.31. The van der Waals surface area contributed by atoms with Gasteiger partial charge < -0.3 is 18.9 Å². The van der Waals surface area contributed by atoms with Crippen molar-refractivity contribution in [2.24, 2.45) is 0 Å². The molecule has 0 aliphatic carbocycles. The van der Waals surface area contributed by atoms with E-state index >= 15 is 0 Å². The second kappa shape index (κ2) is 10.5. The highest BCUT2D eigenvalue weighted by atomic mass is 16.7. The van der Waals surface area contributed by atoms with E-state index in [-0.39, 0.29) is 25.6 Å². The Balaban J connectivity index is 1.27. The monoisotopic (exact) mass is 451 g/mol. The summed E-state index contributed by atoms with van der Waals surface area (Å²) < 4.78 is 22.6. The van der Waals surface area contributed by atoms with Gasteiger partial charge in [-0.25, -0.2) is 14.4 Å². The van der Waals surface area contributed by atoms with Crippen molar-refractivity contribution in [2.45, 2.75) is 19.1 Å². The number of hydrogen-bond donors (Lipinski definition) is 1. The molecule has 2 atom stereocenters. The number of hydrogen-bond acceptors (Lipinski definition) is 8. The fraction of sp³-hybridized carbons (Fsp3) is 0.217. The Morgan fingerprint density at radius 2 is 1.76 bits per heavy atom. The molecule has 1 fully saturated rings. The zero-order valence-corrected chi connectivity index (χ0v) is 17.5. The summed E-state index contributed by atoms with van der Waals surface area (Å²) in [6, 6.07) is 19.2. The number of amides is 1. The van der Waals surface area contributed by atoms with Crippen LogP contribution < -0.4 is 11.0 Å². The fourth-order valence-corrected chi connectivity index (χ4v) is 3.04. The summed E-state index contributed by atoms with van der Waals surface area (Å²) in [6.45, 7) is 0.0353. The summed E-state index contributed by atoms with van der Waals surface area (Å²) in [5.41, 5.74) is 0.600. The Hall–Kier alpha value is -4.02. The number of nitrogens with one attached hydrogen (secondary N) is 1. The van der Waals surface area contributed by atoms with E-state index in [9.17, 15) is 14.4 Å². The summed E-state index contributed by atoms with van der Waals surface area (Å²) in [7, 11) is 0. The third-order valence-corrected chi connectivity index (χ3v) is 4.68. The van der Waals surface area contributed by atoms with Gasteiger partial charge in [-0.3, -0.25) is 9.88 Å². The molecule has 2 heterocycles. The van der Waals surface area contributed by atoms with Crippen LogP contribution in [0.2, 0.25) is 0 Å². The van der Waals surface area contributed by atoms with E-state index in [1.165, 1.54) is 16.8 Å². The quantitative estimate of drug-likeness (QED) is 0.545. The number of anilines is 1. The smallest absolute Gasteiger partial charge is 0.413 e. The zero-order chi connectivity index (χ0) is 23.0. The molecule has 10 heteroatoms. The van der Waals surface area contributed by atoms with Crippen molar-refractivity contribution in [3.05, 3.63) is 94.5 Å². The SMILES string of the molecule is O=C(Nc1ccn(C2COC(COC(=O)c3ccccc3)O2)c(=O)n1)OCc1ccccc1. The van der Waals surface area contributed by atoms with E-state index in [4.69, 9.17) is 18.9 Å². The van der Waals surface area contributed by atoms with Crippen LogP contribution in [0.15, 0.2) is 77.7 Å². The summed E-state index contributed by atoms with van der Waals surface area (Å²) >= 11 is 0. The van der Waals surface area contributed by atoms with E-state index in [0.717, 1.165) is 5.56 Å². The molecule has 2 aromatic carbocycles. The summed E-state index contributed by atoms with van der Waals surface area (Å²) in [6.07, 6.45) is -0.872. The molecule has 170 valence electrons. The van der Waals surface area contributed by atoms with Gasteiger partial charge in [0, 0.05) is 6.20 Å². The molecule has 33 heavy (non-hydrogen) atoms. The van der Waals surface area contributed by atoms with Gasteiger partial charge in [-0.1, -0.05) is 48.5 Å². The Kier molecular flexibility index (Phi) is 7.08. The van der Waals surface area contributed by atoms with Crippen LogP contribution in [0.4, 0.5) is 10.6 Å². The van der Waals surface area contributed by atoms with Crippen molar-refractivity contribution in [2.75, 3.05) is 18.5 Å². The summed E-state index contributed by atoms with van der Waals surface area (Å²) in [5, 5.41) is 2.41. The second-order valence-corrected chi connectivity index (χ2v) is 7.01. The van der Waals surface area contributed by atoms with Crippen molar-refractivity contribution in [1.29, 1.82) is 0 Å². The van der Waals surface area contributed by atoms with Gasteiger partial charge >= 0.3 is 17.8 Å². The van der Waals surface area contributed by atoms with Crippen molar-refractivity contribution < 1.29 is 28.5 Å². The van der Waals surface area contributed by atoms with E-state index in [1.807, 2.05) is 30.3 Å². The summed E-state index contributed by atoms with van der Waals surface area (Å²) in [4.78, 5) is 40.2. The van der Waals surface area contributed by atoms with Gasteiger partial charge in [0.25, 0.3) is 0 Å². The molecule has 1 aliphatic heterocycles. The number of carbonyl (C=O) groups is 2. The minimum Gasteiger partial charge on any atom is -0.457 e. The number of aromatic nitrogens is 2. The van der Waals surface area contributed by atoms with Crippen LogP contribution in [0.3, 0.4) is 0 Å². The highest BCUT2D eigenvalue weighted by Gasteiger charge is 2.29. The van der Waals surface area contributed by atoms with Crippen LogP contribution in [0.5, 0.6) is 0 Å². The fourth-order valence-electron chi connectivity index (χ4n) is 3.04. The molecule has 0 radical (unpaired) electrons. The van der Waals surface area contributed by atoms with Crippen LogP contribution in [-0.2, 0) is 25.6 Å². The molecule has 4 rings (SSSR count). The van der Waals surface area contributed by atoms with Crippen molar-refractivity contribution >= 4 is 17.9 Å². The van der Waals surface area contributed by atoms with Crippen LogP contribution in [-0.4, -0.2) is 41.1 Å². The highest BCUT2D eigenvalue weighted by Crippen LogP contribution is 2.20. The molecule has 0 saturated carbocycles. The van der Waals surface area contributed by atoms with Crippen LogP contribution in [0.1, 0.15) is 22.1 Å². The second-order valence-electron chi connectivity index (χ2n) is 7.01. The van der Waals surface area contributed by atoms with E-state index in [0.29, 0.717) is 5.56 Å². The van der Waals surface area contributed by atoms with E-state index in [1.54, 1.807) is 30.3 Å². The van der Waals surface area contributed by atoms with Gasteiger partial charge in [-0.05, 0) is 23.8 Å². The van der Waals surface area contributed by atoms with E-state index < -0.39 is 30.3 Å². The minimum atomic E-state index is -0.819. The number of nitrogens with zero attached hydrogens (tertiary/aromatic N) is 2. The van der Waals surface area contributed by atoms with Gasteiger partial charge in [-0.15, -0.1) is 0 Å².